The molecular weight excluding hydrogens is 263 g/mol. The standard InChI is InChI=1S/C13H15ClF3N/c14-12-6-5-10(7-11(12)13(15,16)17)18-8-9-3-1-2-4-9/h5-7,9,18H,1-4,8H2. The van der Waals surface area contributed by atoms with Gasteiger partial charge in [0.15, 0.2) is 0 Å². The number of hydrogen-bond donors (Lipinski definition) is 1. The molecule has 0 amide bonds. The molecule has 0 aromatic heterocycles. The molecule has 0 radical (unpaired) electrons. The van der Waals surface area contributed by atoms with Crippen molar-refractivity contribution in [3.8, 4) is 0 Å². The van der Waals surface area contributed by atoms with E-state index in [4.69, 9.17) is 11.6 Å². The molecule has 1 aromatic carbocycles. The molecule has 18 heavy (non-hydrogen) atoms. The highest BCUT2D eigenvalue weighted by molar-refractivity contribution is 6.31. The lowest BCUT2D eigenvalue weighted by molar-refractivity contribution is -0.137. The van der Waals surface area contributed by atoms with E-state index in [0.29, 0.717) is 11.6 Å². The molecule has 5 heteroatoms. The summed E-state index contributed by atoms with van der Waals surface area (Å²) in [6.07, 6.45) is 0.364. The molecule has 1 aliphatic rings. The normalized spacial score (nSPS) is 17.1. The third kappa shape index (κ3) is 3.31. The maximum atomic E-state index is 12.7. The summed E-state index contributed by atoms with van der Waals surface area (Å²) < 4.78 is 38.0. The summed E-state index contributed by atoms with van der Waals surface area (Å²) in [6, 6.07) is 3.96. The molecule has 0 heterocycles. The van der Waals surface area contributed by atoms with E-state index in [0.717, 1.165) is 25.5 Å². The van der Waals surface area contributed by atoms with E-state index in [2.05, 4.69) is 5.32 Å². The number of anilines is 1. The van der Waals surface area contributed by atoms with Gasteiger partial charge in [-0.2, -0.15) is 13.2 Å². The Kier molecular flexibility index (Phi) is 4.05. The van der Waals surface area contributed by atoms with E-state index >= 15 is 0 Å². The van der Waals surface area contributed by atoms with E-state index in [1.54, 1.807) is 6.07 Å². The van der Waals surface area contributed by atoms with Crippen molar-refractivity contribution in [2.75, 3.05) is 11.9 Å². The quantitative estimate of drug-likeness (QED) is 0.823. The lowest BCUT2D eigenvalue weighted by atomic mass is 10.1. The van der Waals surface area contributed by atoms with Crippen molar-refractivity contribution >= 4 is 17.3 Å². The molecule has 1 saturated carbocycles. The molecule has 1 aliphatic carbocycles. The third-order valence-corrected chi connectivity index (χ3v) is 3.67. The van der Waals surface area contributed by atoms with Gasteiger partial charge < -0.3 is 5.32 Å². The Labute approximate surface area is 109 Å². The van der Waals surface area contributed by atoms with E-state index in [9.17, 15) is 13.2 Å². The highest BCUT2D eigenvalue weighted by Gasteiger charge is 2.33. The zero-order valence-electron chi connectivity index (χ0n) is 9.86. The first-order chi connectivity index (χ1) is 8.47. The summed E-state index contributed by atoms with van der Waals surface area (Å²) in [6.45, 7) is 0.735. The average Bonchev–Trinajstić information content (AvgIpc) is 2.79. The number of alkyl halides is 3. The molecule has 0 aliphatic heterocycles. The van der Waals surface area contributed by atoms with Crippen LogP contribution in [0.3, 0.4) is 0 Å². The highest BCUT2D eigenvalue weighted by atomic mass is 35.5. The van der Waals surface area contributed by atoms with Crippen LogP contribution in [0, 0.1) is 5.92 Å². The van der Waals surface area contributed by atoms with Gasteiger partial charge in [-0.3, -0.25) is 0 Å². The Morgan fingerprint density at radius 3 is 2.50 bits per heavy atom. The molecule has 1 nitrogen and oxygen atoms in total. The predicted octanol–water partition coefficient (Wildman–Crippen LogP) is 4.96. The second kappa shape index (κ2) is 5.39. The van der Waals surface area contributed by atoms with Crippen LogP contribution in [-0.4, -0.2) is 6.54 Å². The van der Waals surface area contributed by atoms with Crippen LogP contribution in [0.4, 0.5) is 18.9 Å². The molecular formula is C13H15ClF3N. The Bertz CT molecular complexity index is 411. The monoisotopic (exact) mass is 277 g/mol. The number of nitrogens with one attached hydrogen (secondary N) is 1. The summed E-state index contributed by atoms with van der Waals surface area (Å²) >= 11 is 5.56. The zero-order valence-corrected chi connectivity index (χ0v) is 10.6. The first-order valence-corrected chi connectivity index (χ1v) is 6.45. The van der Waals surface area contributed by atoms with Crippen molar-refractivity contribution in [1.29, 1.82) is 0 Å². The summed E-state index contributed by atoms with van der Waals surface area (Å²) in [5.74, 6) is 0.579. The lowest BCUT2D eigenvalue weighted by Crippen LogP contribution is -2.12. The topological polar surface area (TPSA) is 12.0 Å². The number of hydrogen-bond acceptors (Lipinski definition) is 1. The second-order valence-corrected chi connectivity index (χ2v) is 5.13. The van der Waals surface area contributed by atoms with Gasteiger partial charge in [-0.15, -0.1) is 0 Å². The van der Waals surface area contributed by atoms with Crippen molar-refractivity contribution in [2.24, 2.45) is 5.92 Å². The predicted molar refractivity (Wildman–Crippen MR) is 66.9 cm³/mol. The van der Waals surface area contributed by atoms with Gasteiger partial charge in [0.2, 0.25) is 0 Å². The minimum Gasteiger partial charge on any atom is -0.385 e. The molecule has 2 rings (SSSR count). The molecule has 1 N–H and O–H groups in total. The van der Waals surface area contributed by atoms with Crippen LogP contribution in [0.2, 0.25) is 5.02 Å². The van der Waals surface area contributed by atoms with E-state index in [1.165, 1.54) is 18.9 Å². The van der Waals surface area contributed by atoms with Crippen molar-refractivity contribution in [1.82, 2.24) is 0 Å². The van der Waals surface area contributed by atoms with E-state index < -0.39 is 11.7 Å². The van der Waals surface area contributed by atoms with Gasteiger partial charge in [0, 0.05) is 12.2 Å². The molecule has 1 aromatic rings. The fraction of sp³-hybridized carbons (Fsp3) is 0.538. The first-order valence-electron chi connectivity index (χ1n) is 6.07. The Hall–Kier alpha value is -0.900. The second-order valence-electron chi connectivity index (χ2n) is 4.72. The van der Waals surface area contributed by atoms with Gasteiger partial charge in [0.05, 0.1) is 10.6 Å². The third-order valence-electron chi connectivity index (χ3n) is 3.34. The van der Waals surface area contributed by atoms with Crippen LogP contribution in [-0.2, 0) is 6.18 Å². The smallest absolute Gasteiger partial charge is 0.385 e. The molecule has 0 spiro atoms. The fourth-order valence-corrected chi connectivity index (χ4v) is 2.55. The molecule has 0 saturated heterocycles. The maximum Gasteiger partial charge on any atom is 0.417 e. The van der Waals surface area contributed by atoms with Gasteiger partial charge in [0.1, 0.15) is 0 Å². The lowest BCUT2D eigenvalue weighted by Gasteiger charge is -2.14. The van der Waals surface area contributed by atoms with Crippen LogP contribution in [0.1, 0.15) is 31.2 Å². The van der Waals surface area contributed by atoms with Crippen molar-refractivity contribution in [2.45, 2.75) is 31.9 Å². The molecule has 100 valence electrons. The van der Waals surface area contributed by atoms with Crippen LogP contribution in [0.25, 0.3) is 0 Å². The minimum absolute atomic E-state index is 0.256. The van der Waals surface area contributed by atoms with E-state index in [1.807, 2.05) is 0 Å². The summed E-state index contributed by atoms with van der Waals surface area (Å²) in [5, 5.41) is 2.81. The Balaban J connectivity index is 2.04. The number of benzene rings is 1. The van der Waals surface area contributed by atoms with Gasteiger partial charge >= 0.3 is 6.18 Å². The maximum absolute atomic E-state index is 12.7. The summed E-state index contributed by atoms with van der Waals surface area (Å²) in [7, 11) is 0. The number of halogens is 4. The molecule has 0 atom stereocenters. The van der Waals surface area contributed by atoms with Gasteiger partial charge in [0.25, 0.3) is 0 Å². The largest absolute Gasteiger partial charge is 0.417 e. The molecule has 1 fully saturated rings. The first kappa shape index (κ1) is 13.5. The van der Waals surface area contributed by atoms with Crippen molar-refractivity contribution in [3.63, 3.8) is 0 Å². The van der Waals surface area contributed by atoms with Crippen LogP contribution >= 0.6 is 11.6 Å². The highest BCUT2D eigenvalue weighted by Crippen LogP contribution is 2.36. The molecule has 0 unspecified atom stereocenters. The number of rotatable bonds is 3. The van der Waals surface area contributed by atoms with Gasteiger partial charge in [-0.25, -0.2) is 0 Å². The average molecular weight is 278 g/mol. The van der Waals surface area contributed by atoms with Crippen LogP contribution < -0.4 is 5.32 Å². The van der Waals surface area contributed by atoms with E-state index in [-0.39, 0.29) is 5.02 Å². The minimum atomic E-state index is -4.40. The Morgan fingerprint density at radius 2 is 1.89 bits per heavy atom. The molecule has 0 bridgehead atoms. The zero-order chi connectivity index (χ0) is 13.2. The van der Waals surface area contributed by atoms with Gasteiger partial charge in [-0.1, -0.05) is 24.4 Å². The SMILES string of the molecule is FC(F)(F)c1cc(NCC2CCCC2)ccc1Cl. The Morgan fingerprint density at radius 1 is 1.22 bits per heavy atom. The van der Waals surface area contributed by atoms with Crippen LogP contribution in [0.5, 0.6) is 0 Å². The summed E-state index contributed by atoms with van der Waals surface area (Å²) in [5.41, 5.74) is -0.292. The van der Waals surface area contributed by atoms with Crippen molar-refractivity contribution < 1.29 is 13.2 Å². The van der Waals surface area contributed by atoms with Crippen LogP contribution in [0.15, 0.2) is 18.2 Å². The summed E-state index contributed by atoms with van der Waals surface area (Å²) in [4.78, 5) is 0. The van der Waals surface area contributed by atoms with Crippen molar-refractivity contribution in [3.05, 3.63) is 28.8 Å². The van der Waals surface area contributed by atoms with Gasteiger partial charge in [-0.05, 0) is 37.0 Å². The fourth-order valence-electron chi connectivity index (χ4n) is 2.33.